The van der Waals surface area contributed by atoms with Crippen molar-refractivity contribution in [2.45, 2.75) is 18.4 Å². The normalized spacial score (nSPS) is 20.5. The number of nitrogens with one attached hydrogen (secondary N) is 1. The minimum atomic E-state index is -0.553. The van der Waals surface area contributed by atoms with Crippen LogP contribution in [0.4, 0.5) is 11.4 Å². The van der Waals surface area contributed by atoms with E-state index in [1.54, 1.807) is 12.1 Å². The van der Waals surface area contributed by atoms with Gasteiger partial charge in [-0.15, -0.1) is 0 Å². The summed E-state index contributed by atoms with van der Waals surface area (Å²) in [5.41, 5.74) is 3.30. The number of anilines is 1. The predicted octanol–water partition coefficient (Wildman–Crippen LogP) is 6.95. The Morgan fingerprint density at radius 2 is 1.85 bits per heavy atom. The summed E-state index contributed by atoms with van der Waals surface area (Å²) in [6, 6.07) is 16.8. The van der Waals surface area contributed by atoms with Crippen molar-refractivity contribution in [1.29, 1.82) is 0 Å². The summed E-state index contributed by atoms with van der Waals surface area (Å²) in [6.07, 6.45) is 5.20. The Kier molecular flexibility index (Phi) is 5.56. The molecule has 1 heterocycles. The Morgan fingerprint density at radius 1 is 1.06 bits per heavy atom. The monoisotopic (exact) mass is 480 g/mol. The van der Waals surface area contributed by atoms with Gasteiger partial charge in [0, 0.05) is 28.8 Å². The number of hydrogen-bond donors (Lipinski definition) is 1. The molecule has 0 unspecified atom stereocenters. The van der Waals surface area contributed by atoms with Crippen molar-refractivity contribution >= 4 is 40.5 Å². The summed E-state index contributed by atoms with van der Waals surface area (Å²) in [6.45, 7) is 0. The van der Waals surface area contributed by atoms with Gasteiger partial charge in [0.25, 0.3) is 5.69 Å². The van der Waals surface area contributed by atoms with Gasteiger partial charge in [-0.1, -0.05) is 47.5 Å². The molecule has 8 heteroatoms. The van der Waals surface area contributed by atoms with E-state index in [0.29, 0.717) is 10.8 Å². The number of rotatable bonds is 4. The molecule has 0 spiro atoms. The molecule has 0 radical (unpaired) electrons. The van der Waals surface area contributed by atoms with E-state index in [0.717, 1.165) is 23.2 Å². The molecule has 0 saturated carbocycles. The van der Waals surface area contributed by atoms with Gasteiger partial charge >= 0.3 is 5.97 Å². The maximum atomic E-state index is 12.6. The fourth-order valence-electron chi connectivity index (χ4n) is 4.59. The number of nitrogens with zero attached hydrogens (tertiary/aromatic N) is 1. The van der Waals surface area contributed by atoms with Crippen LogP contribution in [0.15, 0.2) is 72.8 Å². The van der Waals surface area contributed by atoms with Crippen LogP contribution in [0.3, 0.4) is 0 Å². The first-order chi connectivity index (χ1) is 15.9. The third-order valence-corrected chi connectivity index (χ3v) is 6.71. The number of nitro groups is 1. The molecule has 3 atom stereocenters. The van der Waals surface area contributed by atoms with Crippen molar-refractivity contribution in [2.24, 2.45) is 5.92 Å². The molecule has 0 aromatic heterocycles. The average Bonchev–Trinajstić information content (AvgIpc) is 3.29. The van der Waals surface area contributed by atoms with E-state index in [1.165, 1.54) is 24.3 Å². The van der Waals surface area contributed by atoms with Crippen LogP contribution >= 0.6 is 23.2 Å². The molecule has 166 valence electrons. The maximum Gasteiger partial charge on any atom is 0.345 e. The molecule has 2 aliphatic rings. The maximum absolute atomic E-state index is 12.6. The summed E-state index contributed by atoms with van der Waals surface area (Å²) < 4.78 is 5.60. The number of ether oxygens (including phenoxy) is 1. The van der Waals surface area contributed by atoms with Gasteiger partial charge in [-0.2, -0.15) is 0 Å². The SMILES string of the molecule is O=C(Oc1ccc2c(c1)[C@H]1C=CC[C@H]1[C@@H](c1ccc([N+](=O)[O-])cc1)N2)c1ccc(Cl)cc1Cl. The van der Waals surface area contributed by atoms with Crippen molar-refractivity contribution in [3.05, 3.63) is 110 Å². The number of carbonyl (C=O) groups is 1. The van der Waals surface area contributed by atoms with Crippen LogP contribution in [0.2, 0.25) is 10.0 Å². The van der Waals surface area contributed by atoms with Crippen molar-refractivity contribution in [1.82, 2.24) is 0 Å². The summed E-state index contributed by atoms with van der Waals surface area (Å²) in [7, 11) is 0. The molecule has 0 saturated heterocycles. The number of non-ortho nitro benzene ring substituents is 1. The first kappa shape index (κ1) is 21.5. The number of halogens is 2. The van der Waals surface area contributed by atoms with E-state index < -0.39 is 10.9 Å². The molecule has 1 N–H and O–H groups in total. The third kappa shape index (κ3) is 4.08. The second-order valence-corrected chi connectivity index (χ2v) is 8.93. The first-order valence-electron chi connectivity index (χ1n) is 10.4. The van der Waals surface area contributed by atoms with Crippen LogP contribution in [-0.2, 0) is 0 Å². The van der Waals surface area contributed by atoms with Crippen molar-refractivity contribution in [3.63, 3.8) is 0 Å². The first-order valence-corrected chi connectivity index (χ1v) is 11.1. The second kappa shape index (κ2) is 8.54. The molecule has 33 heavy (non-hydrogen) atoms. The van der Waals surface area contributed by atoms with E-state index in [1.807, 2.05) is 24.3 Å². The lowest BCUT2D eigenvalue weighted by Crippen LogP contribution is -2.29. The highest BCUT2D eigenvalue weighted by molar-refractivity contribution is 6.36. The van der Waals surface area contributed by atoms with E-state index in [4.69, 9.17) is 27.9 Å². The van der Waals surface area contributed by atoms with Gasteiger partial charge in [-0.3, -0.25) is 10.1 Å². The Bertz CT molecular complexity index is 1290. The number of carbonyl (C=O) groups excluding carboxylic acids is 1. The van der Waals surface area contributed by atoms with Crippen LogP contribution in [-0.4, -0.2) is 10.9 Å². The number of esters is 1. The quantitative estimate of drug-likeness (QED) is 0.143. The standard InChI is InChI=1S/C25H18Cl2N2O4/c26-15-6-10-20(22(27)12-15)25(30)33-17-9-11-23-21(13-17)18-2-1-3-19(18)24(28-23)14-4-7-16(8-5-14)29(31)32/h1-2,4-13,18-19,24,28H,3H2/t18-,19+,24+/m0/s1. The van der Waals surface area contributed by atoms with E-state index in [2.05, 4.69) is 17.5 Å². The molecule has 1 aliphatic carbocycles. The number of allylic oxidation sites excluding steroid dienone is 2. The van der Waals surface area contributed by atoms with Crippen LogP contribution in [0, 0.1) is 16.0 Å². The molecule has 0 bridgehead atoms. The van der Waals surface area contributed by atoms with Gasteiger partial charge in [0.1, 0.15) is 5.75 Å². The highest BCUT2D eigenvalue weighted by Crippen LogP contribution is 2.50. The van der Waals surface area contributed by atoms with E-state index >= 15 is 0 Å². The number of nitro benzene ring substituents is 1. The molecule has 3 aromatic rings. The van der Waals surface area contributed by atoms with Gasteiger partial charge in [0.05, 0.1) is 21.6 Å². The largest absolute Gasteiger partial charge is 0.423 e. The fraction of sp³-hybridized carbons (Fsp3) is 0.160. The molecular formula is C25H18Cl2N2O4. The zero-order chi connectivity index (χ0) is 23.1. The zero-order valence-corrected chi connectivity index (χ0v) is 18.7. The lowest BCUT2D eigenvalue weighted by molar-refractivity contribution is -0.384. The van der Waals surface area contributed by atoms with Gasteiger partial charge < -0.3 is 10.1 Å². The summed E-state index contributed by atoms with van der Waals surface area (Å²) in [5, 5.41) is 15.2. The van der Waals surface area contributed by atoms with E-state index in [-0.39, 0.29) is 34.2 Å². The molecule has 0 amide bonds. The Morgan fingerprint density at radius 3 is 2.58 bits per heavy atom. The molecule has 6 nitrogen and oxygen atoms in total. The molecule has 0 fully saturated rings. The molecule has 1 aliphatic heterocycles. The Hall–Kier alpha value is -3.35. The summed E-state index contributed by atoms with van der Waals surface area (Å²) in [4.78, 5) is 23.2. The minimum Gasteiger partial charge on any atom is -0.423 e. The Labute approximate surface area is 199 Å². The van der Waals surface area contributed by atoms with E-state index in [9.17, 15) is 14.9 Å². The summed E-state index contributed by atoms with van der Waals surface area (Å²) in [5.74, 6) is 0.261. The molecular weight excluding hydrogens is 463 g/mol. The van der Waals surface area contributed by atoms with Crippen LogP contribution in [0.1, 0.15) is 39.9 Å². The minimum absolute atomic E-state index is 0.0135. The lowest BCUT2D eigenvalue weighted by atomic mass is 9.77. The average molecular weight is 481 g/mol. The van der Waals surface area contributed by atoms with Gasteiger partial charge in [0.15, 0.2) is 0 Å². The molecule has 3 aromatic carbocycles. The predicted molar refractivity (Wildman–Crippen MR) is 127 cm³/mol. The Balaban J connectivity index is 1.41. The van der Waals surface area contributed by atoms with Gasteiger partial charge in [-0.05, 0) is 59.9 Å². The van der Waals surface area contributed by atoms with Crippen LogP contribution in [0.5, 0.6) is 5.75 Å². The molecule has 5 rings (SSSR count). The van der Waals surface area contributed by atoms with Crippen molar-refractivity contribution in [2.75, 3.05) is 5.32 Å². The lowest BCUT2D eigenvalue weighted by Gasteiger charge is -2.37. The number of hydrogen-bond acceptors (Lipinski definition) is 5. The number of benzene rings is 3. The zero-order valence-electron chi connectivity index (χ0n) is 17.2. The van der Waals surface area contributed by atoms with Crippen LogP contribution < -0.4 is 10.1 Å². The fourth-order valence-corrected chi connectivity index (χ4v) is 5.07. The van der Waals surface area contributed by atoms with Crippen molar-refractivity contribution in [3.8, 4) is 5.75 Å². The smallest absolute Gasteiger partial charge is 0.345 e. The van der Waals surface area contributed by atoms with Crippen molar-refractivity contribution < 1.29 is 14.5 Å². The van der Waals surface area contributed by atoms with Crippen LogP contribution in [0.25, 0.3) is 0 Å². The second-order valence-electron chi connectivity index (χ2n) is 8.09. The highest BCUT2D eigenvalue weighted by atomic mass is 35.5. The topological polar surface area (TPSA) is 81.5 Å². The number of fused-ring (bicyclic) bond motifs is 3. The highest BCUT2D eigenvalue weighted by Gasteiger charge is 2.38. The third-order valence-electron chi connectivity index (χ3n) is 6.16. The van der Waals surface area contributed by atoms with Gasteiger partial charge in [0.2, 0.25) is 0 Å². The van der Waals surface area contributed by atoms with Gasteiger partial charge in [-0.25, -0.2) is 4.79 Å². The summed E-state index contributed by atoms with van der Waals surface area (Å²) >= 11 is 12.0.